The Morgan fingerprint density at radius 3 is 2.86 bits per heavy atom. The summed E-state index contributed by atoms with van der Waals surface area (Å²) in [6.07, 6.45) is 5.67. The molecule has 1 fully saturated rings. The van der Waals surface area contributed by atoms with Gasteiger partial charge in [0.25, 0.3) is 0 Å². The van der Waals surface area contributed by atoms with E-state index in [2.05, 4.69) is 23.1 Å². The molecule has 0 saturated carbocycles. The fourth-order valence-corrected chi connectivity index (χ4v) is 4.49. The van der Waals surface area contributed by atoms with Gasteiger partial charge in [-0.05, 0) is 35.8 Å². The van der Waals surface area contributed by atoms with E-state index in [0.29, 0.717) is 25.7 Å². The molecule has 4 nitrogen and oxygen atoms in total. The third-order valence-corrected chi connectivity index (χ3v) is 5.45. The molecule has 5 rings (SSSR count). The molecule has 1 aromatic rings. The van der Waals surface area contributed by atoms with Crippen molar-refractivity contribution in [1.29, 1.82) is 0 Å². The fraction of sp³-hybridized carbons (Fsp3) is 0.471. The summed E-state index contributed by atoms with van der Waals surface area (Å²) in [7, 11) is 0. The predicted molar refractivity (Wildman–Crippen MR) is 76.7 cm³/mol. The Kier molecular flexibility index (Phi) is 2.19. The molecular formula is C17H17NO3. The molecule has 3 heterocycles. The van der Waals surface area contributed by atoms with Crippen LogP contribution in [0.15, 0.2) is 24.3 Å². The number of carbonyl (C=O) groups excluding carboxylic acids is 1. The van der Waals surface area contributed by atoms with Crippen molar-refractivity contribution in [3.8, 4) is 11.5 Å². The molecule has 3 atom stereocenters. The van der Waals surface area contributed by atoms with E-state index < -0.39 is 0 Å². The third-order valence-electron chi connectivity index (χ3n) is 5.45. The van der Waals surface area contributed by atoms with Gasteiger partial charge < -0.3 is 9.47 Å². The van der Waals surface area contributed by atoms with Crippen LogP contribution >= 0.6 is 0 Å². The molecule has 3 aliphatic heterocycles. The van der Waals surface area contributed by atoms with E-state index >= 15 is 0 Å². The van der Waals surface area contributed by atoms with Gasteiger partial charge in [0.15, 0.2) is 17.3 Å². The standard InChI is InChI=1S/C17H17NO3/c19-12-1-2-17-3-4-18(16(17)8-12)10-11-7-14-15(9-13(11)17)21-6-5-20-14/h1-2,7,9,16H,3-6,8,10H2/t16-,17-/m0/s1. The quantitative estimate of drug-likeness (QED) is 0.728. The van der Waals surface area contributed by atoms with Crippen molar-refractivity contribution in [3.63, 3.8) is 0 Å². The topological polar surface area (TPSA) is 38.8 Å². The Hall–Kier alpha value is -1.81. The van der Waals surface area contributed by atoms with Gasteiger partial charge in [-0.25, -0.2) is 0 Å². The number of fused-ring (bicyclic) bond motifs is 2. The first-order valence-electron chi connectivity index (χ1n) is 7.65. The van der Waals surface area contributed by atoms with Gasteiger partial charge >= 0.3 is 0 Å². The number of rotatable bonds is 0. The molecule has 21 heavy (non-hydrogen) atoms. The largest absolute Gasteiger partial charge is 0.486 e. The first-order chi connectivity index (χ1) is 10.3. The van der Waals surface area contributed by atoms with Crippen LogP contribution in [0.4, 0.5) is 0 Å². The van der Waals surface area contributed by atoms with Crippen LogP contribution in [0.5, 0.6) is 11.5 Å². The maximum absolute atomic E-state index is 11.8. The first-order valence-corrected chi connectivity index (χ1v) is 7.65. The van der Waals surface area contributed by atoms with Crippen molar-refractivity contribution in [2.45, 2.75) is 30.8 Å². The monoisotopic (exact) mass is 283 g/mol. The zero-order valence-corrected chi connectivity index (χ0v) is 11.8. The van der Waals surface area contributed by atoms with Crippen molar-refractivity contribution in [1.82, 2.24) is 4.90 Å². The Morgan fingerprint density at radius 2 is 2.00 bits per heavy atom. The second-order valence-corrected chi connectivity index (χ2v) is 6.43. The summed E-state index contributed by atoms with van der Waals surface area (Å²) in [4.78, 5) is 14.3. The summed E-state index contributed by atoms with van der Waals surface area (Å²) in [5.74, 6) is 1.98. The summed E-state index contributed by atoms with van der Waals surface area (Å²) < 4.78 is 11.5. The minimum atomic E-state index is -0.00265. The molecule has 0 amide bonds. The van der Waals surface area contributed by atoms with Gasteiger partial charge in [-0.15, -0.1) is 0 Å². The molecule has 1 saturated heterocycles. The zero-order chi connectivity index (χ0) is 14.0. The molecule has 1 aromatic carbocycles. The second kappa shape index (κ2) is 3.89. The SMILES string of the molecule is O=C1C=C[C@]23CCN(Cc4cc5c(cc42)OCCO5)[C@H]3C1. The normalized spacial score (nSPS) is 35.3. The van der Waals surface area contributed by atoms with Crippen molar-refractivity contribution in [2.75, 3.05) is 19.8 Å². The summed E-state index contributed by atoms with van der Waals surface area (Å²) in [6, 6.07) is 4.63. The first kappa shape index (κ1) is 11.8. The zero-order valence-electron chi connectivity index (χ0n) is 11.8. The highest BCUT2D eigenvalue weighted by Gasteiger charge is 2.53. The van der Waals surface area contributed by atoms with Gasteiger partial charge in [-0.1, -0.05) is 6.08 Å². The van der Waals surface area contributed by atoms with E-state index in [9.17, 15) is 4.79 Å². The minimum Gasteiger partial charge on any atom is -0.486 e. The molecule has 0 spiro atoms. The summed E-state index contributed by atoms with van der Waals surface area (Å²) in [5.41, 5.74) is 2.67. The summed E-state index contributed by atoms with van der Waals surface area (Å²) in [5, 5.41) is 0. The second-order valence-electron chi connectivity index (χ2n) is 6.43. The average molecular weight is 283 g/mol. The molecule has 0 N–H and O–H groups in total. The highest BCUT2D eigenvalue weighted by molar-refractivity contribution is 5.92. The van der Waals surface area contributed by atoms with Crippen molar-refractivity contribution >= 4 is 5.78 Å². The van der Waals surface area contributed by atoms with Gasteiger partial charge in [0.05, 0.1) is 0 Å². The van der Waals surface area contributed by atoms with Crippen LogP contribution in [0, 0.1) is 0 Å². The number of nitrogens with zero attached hydrogens (tertiary/aromatic N) is 1. The lowest BCUT2D eigenvalue weighted by Gasteiger charge is -2.44. The lowest BCUT2D eigenvalue weighted by atomic mass is 9.67. The molecule has 2 bridgehead atoms. The van der Waals surface area contributed by atoms with Gasteiger partial charge in [0.2, 0.25) is 0 Å². The Morgan fingerprint density at radius 1 is 1.19 bits per heavy atom. The number of hydrogen-bond acceptors (Lipinski definition) is 4. The third kappa shape index (κ3) is 1.46. The number of benzene rings is 1. The highest BCUT2D eigenvalue weighted by Crippen LogP contribution is 2.52. The molecule has 4 heteroatoms. The van der Waals surface area contributed by atoms with Crippen LogP contribution in [0.2, 0.25) is 0 Å². The molecule has 4 aliphatic rings. The number of ether oxygens (including phenoxy) is 2. The molecule has 108 valence electrons. The average Bonchev–Trinajstić information content (AvgIpc) is 2.78. The lowest BCUT2D eigenvalue weighted by molar-refractivity contribution is -0.116. The Bertz CT molecular complexity index is 681. The fourth-order valence-electron chi connectivity index (χ4n) is 4.49. The van der Waals surface area contributed by atoms with Gasteiger partial charge in [-0.2, -0.15) is 0 Å². The number of ketones is 1. The van der Waals surface area contributed by atoms with Crippen LogP contribution in [-0.2, 0) is 16.8 Å². The minimum absolute atomic E-state index is 0.00265. The maximum atomic E-state index is 11.8. The number of carbonyl (C=O) groups is 1. The van der Waals surface area contributed by atoms with E-state index in [0.717, 1.165) is 31.0 Å². The van der Waals surface area contributed by atoms with Crippen molar-refractivity contribution in [2.24, 2.45) is 0 Å². The van der Waals surface area contributed by atoms with E-state index in [-0.39, 0.29) is 11.2 Å². The van der Waals surface area contributed by atoms with Crippen molar-refractivity contribution in [3.05, 3.63) is 35.4 Å². The number of hydrogen-bond donors (Lipinski definition) is 0. The van der Waals surface area contributed by atoms with E-state index in [4.69, 9.17) is 9.47 Å². The Labute approximate surface area is 123 Å². The van der Waals surface area contributed by atoms with Gasteiger partial charge in [-0.3, -0.25) is 9.69 Å². The molecular weight excluding hydrogens is 266 g/mol. The van der Waals surface area contributed by atoms with Crippen molar-refractivity contribution < 1.29 is 14.3 Å². The van der Waals surface area contributed by atoms with E-state index in [1.165, 1.54) is 11.1 Å². The van der Waals surface area contributed by atoms with E-state index in [1.54, 1.807) is 6.08 Å². The number of allylic oxidation sites excluding steroid dienone is 1. The molecule has 0 aromatic heterocycles. The molecule has 1 unspecified atom stereocenters. The van der Waals surface area contributed by atoms with Crippen LogP contribution in [0.25, 0.3) is 0 Å². The maximum Gasteiger partial charge on any atom is 0.161 e. The predicted octanol–water partition coefficient (Wildman–Crippen LogP) is 1.81. The summed E-state index contributed by atoms with van der Waals surface area (Å²) in [6.45, 7) is 3.21. The van der Waals surface area contributed by atoms with E-state index in [1.807, 2.05) is 0 Å². The molecule has 0 radical (unpaired) electrons. The van der Waals surface area contributed by atoms with Crippen LogP contribution in [0.3, 0.4) is 0 Å². The van der Waals surface area contributed by atoms with Crippen LogP contribution < -0.4 is 9.47 Å². The van der Waals surface area contributed by atoms with Crippen LogP contribution in [-0.4, -0.2) is 36.5 Å². The summed E-state index contributed by atoms with van der Waals surface area (Å²) >= 11 is 0. The lowest BCUT2D eigenvalue weighted by Crippen LogP contribution is -2.48. The molecule has 1 aliphatic carbocycles. The van der Waals surface area contributed by atoms with Gasteiger partial charge in [0.1, 0.15) is 13.2 Å². The van der Waals surface area contributed by atoms with Gasteiger partial charge in [0, 0.05) is 31.0 Å². The smallest absolute Gasteiger partial charge is 0.161 e. The van der Waals surface area contributed by atoms with Crippen LogP contribution in [0.1, 0.15) is 24.0 Å². The highest BCUT2D eigenvalue weighted by atomic mass is 16.6. The Balaban J connectivity index is 1.73.